The number of likely N-dealkylation sites (N-methyl/N-ethyl adjacent to an activating group) is 1. The van der Waals surface area contributed by atoms with Gasteiger partial charge in [0, 0.05) is 8.78 Å². The van der Waals surface area contributed by atoms with E-state index in [1.54, 1.807) is 12.1 Å². The van der Waals surface area contributed by atoms with Crippen molar-refractivity contribution in [1.29, 1.82) is 0 Å². The molecule has 1 heterocycles. The van der Waals surface area contributed by atoms with Crippen molar-refractivity contribution in [3.8, 4) is 11.5 Å². The quantitative estimate of drug-likeness (QED) is 0.886. The molecule has 0 fully saturated rings. The second-order valence-electron chi connectivity index (χ2n) is 3.57. The van der Waals surface area contributed by atoms with E-state index < -0.39 is 13.2 Å². The van der Waals surface area contributed by atoms with Gasteiger partial charge in [0.15, 0.2) is 11.5 Å². The molecule has 1 aliphatic rings. The van der Waals surface area contributed by atoms with Crippen LogP contribution >= 0.6 is 12.4 Å². The van der Waals surface area contributed by atoms with Crippen molar-refractivity contribution in [1.82, 2.24) is 5.32 Å². The molecule has 1 aromatic carbocycles. The summed E-state index contributed by atoms with van der Waals surface area (Å²) in [7, 11) is 0. The normalized spacial score (nSPS) is 22.1. The molecule has 1 atom stereocenters. The number of ether oxygens (including phenoxy) is 2. The van der Waals surface area contributed by atoms with Gasteiger partial charge in [-0.3, -0.25) is 0 Å². The first-order valence-corrected chi connectivity index (χ1v) is 4.93. The van der Waals surface area contributed by atoms with Crippen LogP contribution in [-0.4, -0.2) is 19.3 Å². The highest BCUT2D eigenvalue weighted by Gasteiger charge is 2.13. The minimum absolute atomic E-state index is 0. The van der Waals surface area contributed by atoms with Crippen LogP contribution in [0.1, 0.15) is 24.9 Å². The topological polar surface area (TPSA) is 30.5 Å². The van der Waals surface area contributed by atoms with Gasteiger partial charge in [0.05, 0.1) is 0 Å². The lowest BCUT2D eigenvalue weighted by Crippen LogP contribution is -2.27. The Labute approximate surface area is 108 Å². The maximum Gasteiger partial charge on any atom is 0.231 e. The van der Waals surface area contributed by atoms with E-state index in [9.17, 15) is 0 Å². The number of benzene rings is 1. The predicted molar refractivity (Wildman–Crippen MR) is 66.7 cm³/mol. The third-order valence-corrected chi connectivity index (χ3v) is 2.24. The molecule has 1 aromatic rings. The first-order valence-electron chi connectivity index (χ1n) is 6.93. The molecule has 0 spiro atoms. The van der Waals surface area contributed by atoms with E-state index in [0.717, 1.165) is 5.56 Å². The highest BCUT2D eigenvalue weighted by molar-refractivity contribution is 5.85. The van der Waals surface area contributed by atoms with E-state index in [1.165, 1.54) is 6.92 Å². The molecule has 0 aliphatic carbocycles. The fraction of sp³-hybridized carbons (Fsp3) is 0.500. The number of hydrogen-bond donors (Lipinski definition) is 1. The van der Waals surface area contributed by atoms with Gasteiger partial charge in [-0.1, -0.05) is 13.0 Å². The lowest BCUT2D eigenvalue weighted by atomic mass is 10.1. The van der Waals surface area contributed by atoms with Crippen LogP contribution < -0.4 is 14.8 Å². The highest BCUT2D eigenvalue weighted by atomic mass is 35.5. The monoisotopic (exact) mass is 247 g/mol. The molecule has 0 bridgehead atoms. The SMILES string of the molecule is Cl.[2H]C([2H])(C)N[C@@H](C)Cc1ccc2c(c1)OC([2H])([2H])O2. The lowest BCUT2D eigenvalue weighted by Gasteiger charge is -2.12. The van der Waals surface area contributed by atoms with E-state index in [1.807, 2.05) is 13.0 Å². The fourth-order valence-electron chi connectivity index (χ4n) is 1.61. The molecule has 1 N–H and O–H groups in total. The second-order valence-corrected chi connectivity index (χ2v) is 3.57. The van der Waals surface area contributed by atoms with Gasteiger partial charge in [-0.25, -0.2) is 0 Å². The molecular weight excluding hydrogens is 226 g/mol. The third kappa shape index (κ3) is 3.03. The van der Waals surface area contributed by atoms with Crippen molar-refractivity contribution in [3.05, 3.63) is 23.8 Å². The van der Waals surface area contributed by atoms with Gasteiger partial charge in [-0.2, -0.15) is 0 Å². The van der Waals surface area contributed by atoms with Crippen molar-refractivity contribution in [2.24, 2.45) is 0 Å². The van der Waals surface area contributed by atoms with Gasteiger partial charge in [-0.05, 0) is 37.5 Å². The lowest BCUT2D eigenvalue weighted by molar-refractivity contribution is 0.174. The van der Waals surface area contributed by atoms with E-state index >= 15 is 0 Å². The largest absolute Gasteiger partial charge is 0.454 e. The molecule has 0 unspecified atom stereocenters. The van der Waals surface area contributed by atoms with Gasteiger partial charge in [-0.15, -0.1) is 12.4 Å². The van der Waals surface area contributed by atoms with Gasteiger partial charge in [0.25, 0.3) is 0 Å². The summed E-state index contributed by atoms with van der Waals surface area (Å²) in [6.07, 6.45) is 0.618. The molecule has 16 heavy (non-hydrogen) atoms. The average Bonchev–Trinajstić information content (AvgIpc) is 2.47. The van der Waals surface area contributed by atoms with Crippen molar-refractivity contribution in [3.63, 3.8) is 0 Å². The highest BCUT2D eigenvalue weighted by Crippen LogP contribution is 2.32. The molecule has 0 radical (unpaired) electrons. The van der Waals surface area contributed by atoms with E-state index in [4.69, 9.17) is 15.0 Å². The number of halogens is 1. The van der Waals surface area contributed by atoms with Crippen molar-refractivity contribution < 1.29 is 15.0 Å². The molecule has 0 amide bonds. The van der Waals surface area contributed by atoms with Gasteiger partial charge in [0.1, 0.15) is 2.74 Å². The molecule has 4 heteroatoms. The summed E-state index contributed by atoms with van der Waals surface area (Å²) in [6, 6.07) is 5.18. The summed E-state index contributed by atoms with van der Waals surface area (Å²) < 4.78 is 39.7. The minimum Gasteiger partial charge on any atom is -0.454 e. The van der Waals surface area contributed by atoms with Crippen molar-refractivity contribution in [2.75, 3.05) is 13.2 Å². The number of hydrogen-bond acceptors (Lipinski definition) is 3. The summed E-state index contributed by atoms with van der Waals surface area (Å²) in [6.45, 7) is -0.165. The number of nitrogens with one attached hydrogen (secondary N) is 1. The van der Waals surface area contributed by atoms with Crippen LogP contribution in [0, 0.1) is 0 Å². The van der Waals surface area contributed by atoms with Crippen LogP contribution in [-0.2, 0) is 6.42 Å². The summed E-state index contributed by atoms with van der Waals surface area (Å²) in [4.78, 5) is 0. The Hall–Kier alpha value is -0.930. The minimum atomic E-state index is -2.11. The van der Waals surface area contributed by atoms with Crippen LogP contribution in [0.5, 0.6) is 11.5 Å². The van der Waals surface area contributed by atoms with Crippen LogP contribution in [0.3, 0.4) is 0 Å². The molecule has 0 aromatic heterocycles. The Morgan fingerprint density at radius 3 is 3.00 bits per heavy atom. The fourth-order valence-corrected chi connectivity index (χ4v) is 1.61. The van der Waals surface area contributed by atoms with E-state index in [2.05, 4.69) is 5.32 Å². The van der Waals surface area contributed by atoms with Crippen LogP contribution in [0.15, 0.2) is 18.2 Å². The Morgan fingerprint density at radius 1 is 1.50 bits per heavy atom. The third-order valence-electron chi connectivity index (χ3n) is 2.24. The first kappa shape index (κ1) is 8.20. The summed E-state index contributed by atoms with van der Waals surface area (Å²) in [5.74, 6) is 0.773. The van der Waals surface area contributed by atoms with Crippen LogP contribution in [0.25, 0.3) is 0 Å². The van der Waals surface area contributed by atoms with Gasteiger partial charge >= 0.3 is 0 Å². The standard InChI is InChI=1S/C12H17NO2.ClH/c1-3-13-9(2)6-10-4-5-11-12(7-10)15-8-14-11;/h4-5,7,9,13H,3,6,8H2,1-2H3;1H/t9-;/m0./s1/i3D2,8D2;. The molecule has 90 valence electrons. The Bertz CT molecular complexity index is 479. The number of fused-ring (bicyclic) bond motifs is 1. The van der Waals surface area contributed by atoms with Crippen molar-refractivity contribution >= 4 is 12.4 Å². The second kappa shape index (κ2) is 5.97. The summed E-state index contributed by atoms with van der Waals surface area (Å²) >= 11 is 0. The van der Waals surface area contributed by atoms with Crippen LogP contribution in [0.2, 0.25) is 0 Å². The zero-order valence-corrected chi connectivity index (χ0v) is 10.1. The van der Waals surface area contributed by atoms with Gasteiger partial charge in [0.2, 0.25) is 6.75 Å². The van der Waals surface area contributed by atoms with Crippen LogP contribution in [0.4, 0.5) is 0 Å². The van der Waals surface area contributed by atoms with Crippen molar-refractivity contribution in [2.45, 2.75) is 26.3 Å². The molecule has 0 saturated carbocycles. The predicted octanol–water partition coefficient (Wildman–Crippen LogP) is 2.38. The maximum atomic E-state index is 7.46. The Balaban J connectivity index is 0.00000200. The smallest absolute Gasteiger partial charge is 0.231 e. The van der Waals surface area contributed by atoms with E-state index in [-0.39, 0.29) is 18.4 Å². The average molecular weight is 248 g/mol. The molecule has 1 aliphatic heterocycles. The molecular formula is C12H18ClNO2. The first-order chi connectivity index (χ1) is 8.65. The summed E-state index contributed by atoms with van der Waals surface area (Å²) in [5, 5.41) is 2.84. The number of rotatable bonds is 4. The Kier molecular flexibility index (Phi) is 3.06. The molecule has 2 rings (SSSR count). The maximum absolute atomic E-state index is 7.46. The molecule has 3 nitrogen and oxygen atoms in total. The van der Waals surface area contributed by atoms with E-state index in [0.29, 0.717) is 17.9 Å². The molecule has 0 saturated heterocycles. The Morgan fingerprint density at radius 2 is 2.25 bits per heavy atom. The van der Waals surface area contributed by atoms with Gasteiger partial charge < -0.3 is 14.8 Å². The zero-order chi connectivity index (χ0) is 14.3. The zero-order valence-electron chi connectivity index (χ0n) is 13.2. The summed E-state index contributed by atoms with van der Waals surface area (Å²) in [5.41, 5.74) is 0.935.